The zero-order chi connectivity index (χ0) is 13.8. The summed E-state index contributed by atoms with van der Waals surface area (Å²) in [5.41, 5.74) is 2.73. The lowest BCUT2D eigenvalue weighted by Crippen LogP contribution is -2.56. The molecule has 0 aliphatic heterocycles. The number of nitrogens with zero attached hydrogens (tertiary/aromatic N) is 1. The lowest BCUT2D eigenvalue weighted by atomic mass is 10.2. The number of carbonyl (C=O) groups is 2. The highest BCUT2D eigenvalue weighted by atomic mass is 19.4. The van der Waals surface area contributed by atoms with Crippen LogP contribution in [0.25, 0.3) is 0 Å². The molecule has 0 aliphatic rings. The molecule has 0 aliphatic carbocycles. The van der Waals surface area contributed by atoms with E-state index in [-0.39, 0.29) is 5.56 Å². The van der Waals surface area contributed by atoms with Gasteiger partial charge in [-0.1, -0.05) is 18.2 Å². The van der Waals surface area contributed by atoms with E-state index in [1.165, 1.54) is 29.2 Å². The highest BCUT2D eigenvalue weighted by Gasteiger charge is 2.46. The Kier molecular flexibility index (Phi) is 4.23. The van der Waals surface area contributed by atoms with Crippen molar-refractivity contribution in [2.24, 2.45) is 5.84 Å². The average molecular weight is 262 g/mol. The van der Waals surface area contributed by atoms with Gasteiger partial charge < -0.3 is 0 Å². The molecule has 0 fully saturated rings. The largest absolute Gasteiger partial charge is 0.495 e. The minimum absolute atomic E-state index is 0.276. The second kappa shape index (κ2) is 5.47. The zero-order valence-electron chi connectivity index (χ0n) is 8.86. The normalized spacial score (nSPS) is 10.9. The van der Waals surface area contributed by atoms with Crippen molar-refractivity contribution in [3.8, 4) is 0 Å². The second-order valence-corrected chi connectivity index (χ2v) is 3.05. The fourth-order valence-electron chi connectivity index (χ4n) is 1.15. The van der Waals surface area contributed by atoms with Crippen molar-refractivity contribution in [3.05, 3.63) is 35.9 Å². The Morgan fingerprint density at radius 2 is 1.72 bits per heavy atom. The van der Waals surface area contributed by atoms with Crippen LogP contribution in [0.3, 0.4) is 0 Å². The first-order valence-corrected chi connectivity index (χ1v) is 4.60. The number of hydrogen-bond acceptors (Lipinski definition) is 4. The van der Waals surface area contributed by atoms with Gasteiger partial charge in [0.15, 0.2) is 0 Å². The lowest BCUT2D eigenvalue weighted by Gasteiger charge is -2.22. The molecule has 0 radical (unpaired) electrons. The van der Waals surface area contributed by atoms with E-state index in [0.717, 1.165) is 12.1 Å². The molecule has 0 bridgehead atoms. The molecule has 0 aromatic heterocycles. The van der Waals surface area contributed by atoms with Crippen molar-refractivity contribution in [1.29, 1.82) is 0 Å². The zero-order valence-corrected chi connectivity index (χ0v) is 8.86. The number of urea groups is 1. The minimum atomic E-state index is -5.16. The van der Waals surface area contributed by atoms with Gasteiger partial charge in [0.2, 0.25) is 0 Å². The van der Waals surface area contributed by atoms with Crippen molar-refractivity contribution < 1.29 is 22.8 Å². The van der Waals surface area contributed by atoms with E-state index in [9.17, 15) is 22.8 Å². The Morgan fingerprint density at radius 1 is 1.17 bits per heavy atom. The molecule has 98 valence electrons. The summed E-state index contributed by atoms with van der Waals surface area (Å²) in [5.74, 6) is 3.16. The SMILES string of the molecule is NNNC(=O)N(C(=O)c1ccccc1)C(F)(F)F. The number of nitrogens with one attached hydrogen (secondary N) is 2. The second-order valence-electron chi connectivity index (χ2n) is 3.05. The lowest BCUT2D eigenvalue weighted by molar-refractivity contribution is -0.205. The Bertz CT molecular complexity index is 435. The van der Waals surface area contributed by atoms with Gasteiger partial charge in [-0.3, -0.25) is 16.1 Å². The van der Waals surface area contributed by atoms with Crippen molar-refractivity contribution in [2.45, 2.75) is 6.30 Å². The Balaban J connectivity index is 3.05. The van der Waals surface area contributed by atoms with Crippen molar-refractivity contribution in [2.75, 3.05) is 0 Å². The Morgan fingerprint density at radius 3 is 2.17 bits per heavy atom. The summed E-state index contributed by atoms with van der Waals surface area (Å²) in [4.78, 5) is 21.8. The number of nitrogens with two attached hydrogens (primary N) is 1. The van der Waals surface area contributed by atoms with Gasteiger partial charge in [0, 0.05) is 5.56 Å². The summed E-state index contributed by atoms with van der Waals surface area (Å²) in [6, 6.07) is 4.87. The van der Waals surface area contributed by atoms with E-state index < -0.39 is 23.1 Å². The summed E-state index contributed by atoms with van der Waals surface area (Å²) in [5, 5.41) is 0. The number of benzene rings is 1. The van der Waals surface area contributed by atoms with Gasteiger partial charge >= 0.3 is 12.3 Å². The standard InChI is InChI=1S/C9H9F3N4O2/c10-9(11,12)16(8(18)14-15-13)7(17)6-4-2-1-3-5-6/h1-5,15H,13H2,(H,14,18). The number of carbonyl (C=O) groups excluding carboxylic acids is 2. The van der Waals surface area contributed by atoms with Gasteiger partial charge in [0.05, 0.1) is 0 Å². The summed E-state index contributed by atoms with van der Waals surface area (Å²) in [6.07, 6.45) is -5.16. The Labute approximate surface area is 99.5 Å². The molecule has 3 amide bonds. The van der Waals surface area contributed by atoms with E-state index in [0.29, 0.717) is 0 Å². The quantitative estimate of drug-likeness (QED) is 0.416. The van der Waals surface area contributed by atoms with Crippen LogP contribution < -0.4 is 16.8 Å². The summed E-state index contributed by atoms with van der Waals surface area (Å²) in [7, 11) is 0. The highest BCUT2D eigenvalue weighted by molar-refractivity contribution is 6.04. The third-order valence-electron chi connectivity index (χ3n) is 1.86. The predicted molar refractivity (Wildman–Crippen MR) is 54.5 cm³/mol. The molecule has 1 aromatic carbocycles. The number of hydrogen-bond donors (Lipinski definition) is 3. The molecule has 4 N–H and O–H groups in total. The van der Waals surface area contributed by atoms with E-state index >= 15 is 0 Å². The molecule has 0 spiro atoms. The monoisotopic (exact) mass is 262 g/mol. The van der Waals surface area contributed by atoms with Crippen LogP contribution in [0.2, 0.25) is 0 Å². The van der Waals surface area contributed by atoms with Crippen LogP contribution in [0.15, 0.2) is 30.3 Å². The number of rotatable bonds is 2. The molecule has 0 saturated heterocycles. The van der Waals surface area contributed by atoms with Gasteiger partial charge in [0.1, 0.15) is 0 Å². The minimum Gasteiger partial charge on any atom is -0.268 e. The molecule has 0 atom stereocenters. The maximum absolute atomic E-state index is 12.6. The van der Waals surface area contributed by atoms with E-state index in [1.807, 2.05) is 0 Å². The van der Waals surface area contributed by atoms with Crippen molar-refractivity contribution in [3.63, 3.8) is 0 Å². The van der Waals surface area contributed by atoms with E-state index in [1.54, 1.807) is 0 Å². The van der Waals surface area contributed by atoms with Gasteiger partial charge in [-0.05, 0) is 12.1 Å². The molecular weight excluding hydrogens is 253 g/mol. The number of hydrazine groups is 2. The van der Waals surface area contributed by atoms with Crippen LogP contribution >= 0.6 is 0 Å². The van der Waals surface area contributed by atoms with Crippen molar-refractivity contribution in [1.82, 2.24) is 15.9 Å². The maximum atomic E-state index is 12.6. The molecule has 18 heavy (non-hydrogen) atoms. The third kappa shape index (κ3) is 3.18. The predicted octanol–water partition coefficient (Wildman–Crippen LogP) is 0.737. The van der Waals surface area contributed by atoms with Crippen LogP contribution in [-0.4, -0.2) is 23.1 Å². The summed E-state index contributed by atoms with van der Waals surface area (Å²) < 4.78 is 37.8. The Hall–Kier alpha value is -2.13. The highest BCUT2D eigenvalue weighted by Crippen LogP contribution is 2.23. The van der Waals surface area contributed by atoms with Crippen LogP contribution in [0.5, 0.6) is 0 Å². The van der Waals surface area contributed by atoms with Crippen LogP contribution in [0, 0.1) is 0 Å². The smallest absolute Gasteiger partial charge is 0.268 e. The van der Waals surface area contributed by atoms with Crippen LogP contribution in [0.1, 0.15) is 10.4 Å². The van der Waals surface area contributed by atoms with Gasteiger partial charge in [-0.25, -0.2) is 4.79 Å². The molecular formula is C9H9F3N4O2. The van der Waals surface area contributed by atoms with E-state index in [2.05, 4.69) is 5.84 Å². The molecule has 9 heteroatoms. The number of imide groups is 1. The topological polar surface area (TPSA) is 87.5 Å². The first-order valence-electron chi connectivity index (χ1n) is 4.60. The van der Waals surface area contributed by atoms with Crippen LogP contribution in [-0.2, 0) is 0 Å². The van der Waals surface area contributed by atoms with E-state index in [4.69, 9.17) is 0 Å². The summed E-state index contributed by atoms with van der Waals surface area (Å²) in [6.45, 7) is 0. The fraction of sp³-hybridized carbons (Fsp3) is 0.111. The molecule has 0 heterocycles. The first-order chi connectivity index (χ1) is 8.38. The maximum Gasteiger partial charge on any atom is 0.495 e. The van der Waals surface area contributed by atoms with Gasteiger partial charge in [-0.2, -0.15) is 10.4 Å². The molecule has 0 unspecified atom stereocenters. The van der Waals surface area contributed by atoms with Gasteiger partial charge in [-0.15, -0.1) is 13.2 Å². The number of amides is 3. The van der Waals surface area contributed by atoms with Crippen molar-refractivity contribution >= 4 is 11.9 Å². The number of halogens is 3. The summed E-state index contributed by atoms with van der Waals surface area (Å²) >= 11 is 0. The van der Waals surface area contributed by atoms with Gasteiger partial charge in [0.25, 0.3) is 5.91 Å². The molecule has 6 nitrogen and oxygen atoms in total. The number of alkyl halides is 3. The van der Waals surface area contributed by atoms with Crippen LogP contribution in [0.4, 0.5) is 18.0 Å². The fourth-order valence-corrected chi connectivity index (χ4v) is 1.15. The first kappa shape index (κ1) is 13.9. The molecule has 1 aromatic rings. The third-order valence-corrected chi connectivity index (χ3v) is 1.86. The average Bonchev–Trinajstić information content (AvgIpc) is 2.28. The molecule has 0 saturated carbocycles. The molecule has 1 rings (SSSR count).